The summed E-state index contributed by atoms with van der Waals surface area (Å²) in [7, 11) is 1.92. The smallest absolute Gasteiger partial charge is 0.175 e. The van der Waals surface area contributed by atoms with Crippen LogP contribution < -0.4 is 0 Å². The van der Waals surface area contributed by atoms with E-state index in [2.05, 4.69) is 5.10 Å². The Morgan fingerprint density at radius 2 is 2.12 bits per heavy atom. The number of aryl methyl sites for hydroxylation is 2. The van der Waals surface area contributed by atoms with Crippen LogP contribution in [0.3, 0.4) is 0 Å². The molecule has 0 aliphatic rings. The van der Waals surface area contributed by atoms with Gasteiger partial charge in [-0.3, -0.25) is 9.48 Å². The molecule has 0 N–H and O–H groups in total. The quantitative estimate of drug-likeness (QED) is 0.781. The number of carbonyl (C=O) groups is 1. The molecule has 0 bridgehead atoms. The molecule has 0 amide bonds. The van der Waals surface area contributed by atoms with Gasteiger partial charge >= 0.3 is 0 Å². The van der Waals surface area contributed by atoms with Gasteiger partial charge in [0.1, 0.15) is 5.69 Å². The van der Waals surface area contributed by atoms with E-state index in [4.69, 9.17) is 0 Å². The fraction of sp³-hybridized carbons (Fsp3) is 0.385. The van der Waals surface area contributed by atoms with E-state index >= 15 is 0 Å². The monoisotopic (exact) mass is 248 g/mol. The van der Waals surface area contributed by atoms with Crippen LogP contribution in [-0.2, 0) is 7.05 Å². The van der Waals surface area contributed by atoms with Gasteiger partial charge in [0.2, 0.25) is 0 Å². The molecular weight excluding hydrogens is 232 g/mol. The van der Waals surface area contributed by atoms with Crippen molar-refractivity contribution in [3.63, 3.8) is 0 Å². The first kappa shape index (κ1) is 12.0. The van der Waals surface area contributed by atoms with E-state index in [9.17, 15) is 4.79 Å². The van der Waals surface area contributed by atoms with Gasteiger partial charge in [-0.25, -0.2) is 0 Å². The fourth-order valence-corrected chi connectivity index (χ4v) is 2.62. The van der Waals surface area contributed by atoms with Crippen molar-refractivity contribution in [2.45, 2.75) is 20.8 Å². The van der Waals surface area contributed by atoms with Crippen molar-refractivity contribution in [2.75, 3.05) is 0 Å². The summed E-state index contributed by atoms with van der Waals surface area (Å²) in [6.45, 7) is 5.86. The molecule has 2 aromatic heterocycles. The summed E-state index contributed by atoms with van der Waals surface area (Å²) in [6, 6.07) is 5.91. The highest BCUT2D eigenvalue weighted by Gasteiger charge is 2.14. The van der Waals surface area contributed by atoms with Gasteiger partial charge in [0.05, 0.1) is 9.75 Å². The van der Waals surface area contributed by atoms with Gasteiger partial charge < -0.3 is 0 Å². The summed E-state index contributed by atoms with van der Waals surface area (Å²) in [5.41, 5.74) is 2.06. The van der Waals surface area contributed by atoms with E-state index in [0.29, 0.717) is 0 Å². The van der Waals surface area contributed by atoms with Crippen molar-refractivity contribution in [1.82, 2.24) is 9.78 Å². The molecule has 0 aliphatic carbocycles. The molecule has 17 heavy (non-hydrogen) atoms. The van der Waals surface area contributed by atoms with Crippen LogP contribution in [0.5, 0.6) is 0 Å². The summed E-state index contributed by atoms with van der Waals surface area (Å²) < 4.78 is 1.85. The highest BCUT2D eigenvalue weighted by atomic mass is 32.1. The summed E-state index contributed by atoms with van der Waals surface area (Å²) in [5.74, 6) is 0.251. The minimum absolute atomic E-state index is 0.0481. The lowest BCUT2D eigenvalue weighted by Gasteiger charge is -1.98. The number of rotatable bonds is 3. The number of hydrogen-bond donors (Lipinski definition) is 0. The SMILES string of the molecule is Cc1cc(-c2ccc(C(=O)C(C)C)s2)nn1C. The number of Topliss-reactive ketones (excluding diaryl/α,β-unsaturated/α-hetero) is 1. The number of aromatic nitrogens is 2. The predicted octanol–water partition coefficient (Wildman–Crippen LogP) is 3.30. The van der Waals surface area contributed by atoms with E-state index in [1.165, 1.54) is 11.3 Å². The molecule has 0 aliphatic heterocycles. The van der Waals surface area contributed by atoms with Crippen LogP contribution in [0, 0.1) is 12.8 Å². The molecule has 2 aromatic rings. The fourth-order valence-electron chi connectivity index (χ4n) is 1.57. The first-order valence-corrected chi connectivity index (χ1v) is 6.45. The highest BCUT2D eigenvalue weighted by molar-refractivity contribution is 7.17. The maximum absolute atomic E-state index is 11.8. The van der Waals surface area contributed by atoms with Gasteiger partial charge in [-0.2, -0.15) is 5.10 Å². The van der Waals surface area contributed by atoms with Gasteiger partial charge in [0.25, 0.3) is 0 Å². The van der Waals surface area contributed by atoms with Gasteiger partial charge in [-0.15, -0.1) is 11.3 Å². The van der Waals surface area contributed by atoms with E-state index in [0.717, 1.165) is 21.1 Å². The molecule has 0 saturated heterocycles. The number of ketones is 1. The molecule has 0 aromatic carbocycles. The molecular formula is C13H16N2OS. The normalized spacial score (nSPS) is 11.1. The number of carbonyl (C=O) groups excluding carboxylic acids is 1. The Labute approximate surface area is 105 Å². The van der Waals surface area contributed by atoms with Gasteiger partial charge in [0, 0.05) is 18.7 Å². The maximum atomic E-state index is 11.8. The average molecular weight is 248 g/mol. The first-order chi connectivity index (χ1) is 7.99. The van der Waals surface area contributed by atoms with Crippen molar-refractivity contribution in [2.24, 2.45) is 13.0 Å². The van der Waals surface area contributed by atoms with Gasteiger partial charge in [0.15, 0.2) is 5.78 Å². The van der Waals surface area contributed by atoms with Crippen molar-refractivity contribution in [1.29, 1.82) is 0 Å². The minimum atomic E-state index is 0.0481. The molecule has 0 fully saturated rings. The average Bonchev–Trinajstić information content (AvgIpc) is 2.85. The third-order valence-electron chi connectivity index (χ3n) is 2.74. The Hall–Kier alpha value is -1.42. The Kier molecular flexibility index (Phi) is 3.15. The standard InChI is InChI=1S/C13H16N2OS/c1-8(2)13(16)12-6-5-11(17-12)10-7-9(3)15(4)14-10/h5-8H,1-4H3. The van der Waals surface area contributed by atoms with E-state index in [-0.39, 0.29) is 11.7 Å². The zero-order valence-electron chi connectivity index (χ0n) is 10.5. The van der Waals surface area contributed by atoms with Crippen molar-refractivity contribution in [3.05, 3.63) is 28.8 Å². The number of thiophene rings is 1. The first-order valence-electron chi connectivity index (χ1n) is 5.64. The lowest BCUT2D eigenvalue weighted by atomic mass is 10.1. The zero-order valence-corrected chi connectivity index (χ0v) is 11.3. The highest BCUT2D eigenvalue weighted by Crippen LogP contribution is 2.28. The van der Waals surface area contributed by atoms with Crippen LogP contribution in [-0.4, -0.2) is 15.6 Å². The van der Waals surface area contributed by atoms with Crippen molar-refractivity contribution in [3.8, 4) is 10.6 Å². The van der Waals surface area contributed by atoms with E-state index in [1.54, 1.807) is 0 Å². The molecule has 0 unspecified atom stereocenters. The molecule has 2 rings (SSSR count). The largest absolute Gasteiger partial charge is 0.293 e. The molecule has 0 saturated carbocycles. The number of hydrogen-bond acceptors (Lipinski definition) is 3. The lowest BCUT2D eigenvalue weighted by molar-refractivity contribution is 0.0943. The molecule has 0 spiro atoms. The molecule has 0 atom stereocenters. The third-order valence-corrected chi connectivity index (χ3v) is 3.86. The number of nitrogens with zero attached hydrogens (tertiary/aromatic N) is 2. The summed E-state index contributed by atoms with van der Waals surface area (Å²) in [4.78, 5) is 13.7. The lowest BCUT2D eigenvalue weighted by Crippen LogP contribution is -2.04. The third kappa shape index (κ3) is 2.31. The van der Waals surface area contributed by atoms with Crippen LogP contribution in [0.1, 0.15) is 29.2 Å². The van der Waals surface area contributed by atoms with Crippen LogP contribution in [0.25, 0.3) is 10.6 Å². The van der Waals surface area contributed by atoms with E-state index in [1.807, 2.05) is 50.7 Å². The Morgan fingerprint density at radius 1 is 1.41 bits per heavy atom. The second-order valence-electron chi connectivity index (χ2n) is 4.48. The van der Waals surface area contributed by atoms with Crippen molar-refractivity contribution >= 4 is 17.1 Å². The molecule has 0 radical (unpaired) electrons. The second-order valence-corrected chi connectivity index (χ2v) is 5.56. The zero-order chi connectivity index (χ0) is 12.6. The van der Waals surface area contributed by atoms with Crippen LogP contribution in [0.4, 0.5) is 0 Å². The second kappa shape index (κ2) is 4.45. The molecule has 3 nitrogen and oxygen atoms in total. The Bertz CT molecular complexity index is 532. The van der Waals surface area contributed by atoms with Gasteiger partial charge in [-0.05, 0) is 25.1 Å². The van der Waals surface area contributed by atoms with Crippen LogP contribution >= 0.6 is 11.3 Å². The van der Waals surface area contributed by atoms with Crippen LogP contribution in [0.15, 0.2) is 18.2 Å². The Morgan fingerprint density at radius 3 is 2.65 bits per heavy atom. The molecule has 90 valence electrons. The topological polar surface area (TPSA) is 34.9 Å². The van der Waals surface area contributed by atoms with Crippen molar-refractivity contribution < 1.29 is 4.79 Å². The minimum Gasteiger partial charge on any atom is -0.293 e. The van der Waals surface area contributed by atoms with Crippen LogP contribution in [0.2, 0.25) is 0 Å². The summed E-state index contributed by atoms with van der Waals surface area (Å²) >= 11 is 1.52. The summed E-state index contributed by atoms with van der Waals surface area (Å²) in [6.07, 6.45) is 0. The molecule has 4 heteroatoms. The van der Waals surface area contributed by atoms with Gasteiger partial charge in [-0.1, -0.05) is 13.8 Å². The van der Waals surface area contributed by atoms with E-state index < -0.39 is 0 Å². The molecule has 2 heterocycles. The predicted molar refractivity (Wildman–Crippen MR) is 70.4 cm³/mol. The maximum Gasteiger partial charge on any atom is 0.175 e. The summed E-state index contributed by atoms with van der Waals surface area (Å²) in [5, 5.41) is 4.41. The Balaban J connectivity index is 2.33.